The largest absolute Gasteiger partial charge is 0.378 e. The second kappa shape index (κ2) is 8.17. The number of ether oxygens (including phenoxy) is 1. The van der Waals surface area contributed by atoms with Crippen LogP contribution in [0.15, 0.2) is 24.3 Å². The van der Waals surface area contributed by atoms with Gasteiger partial charge in [0.1, 0.15) is 6.04 Å². The van der Waals surface area contributed by atoms with Crippen molar-refractivity contribution < 1.29 is 14.3 Å². The molecule has 25 heavy (non-hydrogen) atoms. The van der Waals surface area contributed by atoms with Crippen LogP contribution in [0.2, 0.25) is 5.02 Å². The number of likely N-dealkylation sites (N-methyl/N-ethyl adjacent to an activating group) is 1. The van der Waals surface area contributed by atoms with Crippen LogP contribution in [0.1, 0.15) is 24.4 Å². The SMILES string of the molecule is CNC(=O)[C@@H](c1ccc(Cl)cc1)N1CCC[C@H]1C(=O)N1CCOCC1. The second-order valence-corrected chi connectivity index (χ2v) is 6.84. The van der Waals surface area contributed by atoms with Crippen LogP contribution in [0.25, 0.3) is 0 Å². The quantitative estimate of drug-likeness (QED) is 0.877. The minimum atomic E-state index is -0.486. The lowest BCUT2D eigenvalue weighted by Gasteiger charge is -2.35. The predicted octanol–water partition coefficient (Wildman–Crippen LogP) is 1.45. The molecule has 0 aliphatic carbocycles. The van der Waals surface area contributed by atoms with E-state index >= 15 is 0 Å². The van der Waals surface area contributed by atoms with Gasteiger partial charge in [-0.3, -0.25) is 14.5 Å². The highest BCUT2D eigenvalue weighted by Crippen LogP contribution is 2.31. The summed E-state index contributed by atoms with van der Waals surface area (Å²) in [6, 6.07) is 6.52. The number of likely N-dealkylation sites (tertiary alicyclic amines) is 1. The van der Waals surface area contributed by atoms with Crippen molar-refractivity contribution in [2.45, 2.75) is 24.9 Å². The molecule has 1 aromatic rings. The van der Waals surface area contributed by atoms with Crippen molar-refractivity contribution in [3.63, 3.8) is 0 Å². The summed E-state index contributed by atoms with van der Waals surface area (Å²) in [5.41, 5.74) is 0.852. The Bertz CT molecular complexity index is 616. The summed E-state index contributed by atoms with van der Waals surface area (Å²) < 4.78 is 5.34. The van der Waals surface area contributed by atoms with E-state index in [2.05, 4.69) is 5.32 Å². The number of amides is 2. The summed E-state index contributed by atoms with van der Waals surface area (Å²) in [7, 11) is 1.63. The number of carbonyl (C=O) groups excluding carboxylic acids is 2. The van der Waals surface area contributed by atoms with E-state index < -0.39 is 6.04 Å². The molecule has 0 bridgehead atoms. The maximum Gasteiger partial charge on any atom is 0.241 e. The molecule has 3 rings (SSSR count). The van der Waals surface area contributed by atoms with Gasteiger partial charge in [0, 0.05) is 31.7 Å². The predicted molar refractivity (Wildman–Crippen MR) is 95.4 cm³/mol. The number of halogens is 1. The van der Waals surface area contributed by atoms with Crippen molar-refractivity contribution in [3.8, 4) is 0 Å². The van der Waals surface area contributed by atoms with Crippen LogP contribution >= 0.6 is 11.6 Å². The van der Waals surface area contributed by atoms with Crippen LogP contribution in [0.3, 0.4) is 0 Å². The van der Waals surface area contributed by atoms with Crippen LogP contribution in [0, 0.1) is 0 Å². The lowest BCUT2D eigenvalue weighted by molar-refractivity contribution is -0.142. The van der Waals surface area contributed by atoms with E-state index in [1.807, 2.05) is 21.9 Å². The molecule has 2 aliphatic heterocycles. The van der Waals surface area contributed by atoms with Crippen molar-refractivity contribution in [3.05, 3.63) is 34.9 Å². The number of nitrogens with one attached hydrogen (secondary N) is 1. The number of nitrogens with zero attached hydrogens (tertiary/aromatic N) is 2. The molecule has 7 heteroatoms. The summed E-state index contributed by atoms with van der Waals surface area (Å²) in [4.78, 5) is 29.5. The van der Waals surface area contributed by atoms with Gasteiger partial charge in [0.25, 0.3) is 0 Å². The number of morpholine rings is 1. The average Bonchev–Trinajstić information content (AvgIpc) is 3.12. The van der Waals surface area contributed by atoms with Crippen molar-refractivity contribution in [2.24, 2.45) is 0 Å². The van der Waals surface area contributed by atoms with Crippen LogP contribution < -0.4 is 5.32 Å². The Morgan fingerprint density at radius 1 is 1.20 bits per heavy atom. The Morgan fingerprint density at radius 3 is 2.52 bits per heavy atom. The molecule has 1 N–H and O–H groups in total. The van der Waals surface area contributed by atoms with Crippen molar-refractivity contribution in [1.29, 1.82) is 0 Å². The molecule has 1 aromatic carbocycles. The van der Waals surface area contributed by atoms with E-state index in [1.54, 1.807) is 19.2 Å². The second-order valence-electron chi connectivity index (χ2n) is 6.40. The number of benzene rings is 1. The molecular formula is C18H24ClN3O3. The van der Waals surface area contributed by atoms with Crippen LogP contribution in [-0.4, -0.2) is 67.6 Å². The Kier molecular flexibility index (Phi) is 5.93. The van der Waals surface area contributed by atoms with Crippen molar-refractivity contribution in [2.75, 3.05) is 39.9 Å². The third-order valence-corrected chi connectivity index (χ3v) is 5.17. The summed E-state index contributed by atoms with van der Waals surface area (Å²) >= 11 is 5.98. The minimum absolute atomic E-state index is 0.101. The van der Waals surface area contributed by atoms with Crippen molar-refractivity contribution in [1.82, 2.24) is 15.1 Å². The van der Waals surface area contributed by atoms with Gasteiger partial charge in [-0.25, -0.2) is 0 Å². The molecule has 6 nitrogen and oxygen atoms in total. The summed E-state index contributed by atoms with van der Waals surface area (Å²) in [5.74, 6) is -0.00679. The molecule has 2 heterocycles. The lowest BCUT2D eigenvalue weighted by atomic mass is 10.0. The van der Waals surface area contributed by atoms with Gasteiger partial charge in [0.2, 0.25) is 11.8 Å². The standard InChI is InChI=1S/C18H24ClN3O3/c1-20-17(23)16(13-4-6-14(19)7-5-13)22-8-2-3-15(22)18(24)21-9-11-25-12-10-21/h4-7,15-16H,2-3,8-12H2,1H3,(H,20,23)/t15-,16+/m0/s1. The Labute approximate surface area is 153 Å². The summed E-state index contributed by atoms with van der Waals surface area (Å²) in [5, 5.41) is 3.36. The number of carbonyl (C=O) groups is 2. The molecule has 0 aromatic heterocycles. The monoisotopic (exact) mass is 365 g/mol. The third kappa shape index (κ3) is 3.97. The third-order valence-electron chi connectivity index (χ3n) is 4.91. The van der Waals surface area contributed by atoms with Gasteiger partial charge < -0.3 is 15.0 Å². The van der Waals surface area contributed by atoms with E-state index in [-0.39, 0.29) is 17.9 Å². The fraction of sp³-hybridized carbons (Fsp3) is 0.556. The molecule has 2 saturated heterocycles. The topological polar surface area (TPSA) is 61.9 Å². The van der Waals surface area contributed by atoms with E-state index in [9.17, 15) is 9.59 Å². The molecular weight excluding hydrogens is 342 g/mol. The van der Waals surface area contributed by atoms with Crippen LogP contribution in [-0.2, 0) is 14.3 Å². The smallest absolute Gasteiger partial charge is 0.241 e. The minimum Gasteiger partial charge on any atom is -0.378 e. The van der Waals surface area contributed by atoms with E-state index in [4.69, 9.17) is 16.3 Å². The fourth-order valence-corrected chi connectivity index (χ4v) is 3.76. The highest BCUT2D eigenvalue weighted by Gasteiger charge is 2.40. The first-order valence-electron chi connectivity index (χ1n) is 8.71. The zero-order chi connectivity index (χ0) is 17.8. The molecule has 0 spiro atoms. The molecule has 0 saturated carbocycles. The van der Waals surface area contributed by atoms with E-state index in [0.29, 0.717) is 31.3 Å². The Morgan fingerprint density at radius 2 is 1.88 bits per heavy atom. The van der Waals surface area contributed by atoms with Gasteiger partial charge in [-0.1, -0.05) is 23.7 Å². The van der Waals surface area contributed by atoms with Crippen LogP contribution in [0.4, 0.5) is 0 Å². The molecule has 2 atom stereocenters. The normalized spacial score (nSPS) is 22.6. The van der Waals surface area contributed by atoms with Gasteiger partial charge in [-0.15, -0.1) is 0 Å². The first-order chi connectivity index (χ1) is 12.1. The molecule has 0 unspecified atom stereocenters. The van der Waals surface area contributed by atoms with Gasteiger partial charge >= 0.3 is 0 Å². The molecule has 2 fully saturated rings. The summed E-state index contributed by atoms with van der Waals surface area (Å²) in [6.07, 6.45) is 1.68. The maximum atomic E-state index is 13.0. The lowest BCUT2D eigenvalue weighted by Crippen LogP contribution is -2.52. The van der Waals surface area contributed by atoms with Crippen LogP contribution in [0.5, 0.6) is 0 Å². The fourth-order valence-electron chi connectivity index (χ4n) is 3.63. The van der Waals surface area contributed by atoms with Crippen molar-refractivity contribution >= 4 is 23.4 Å². The molecule has 136 valence electrons. The zero-order valence-corrected chi connectivity index (χ0v) is 15.2. The van der Waals surface area contributed by atoms with Gasteiger partial charge in [0.15, 0.2) is 0 Å². The van der Waals surface area contributed by atoms with Gasteiger partial charge in [-0.2, -0.15) is 0 Å². The van der Waals surface area contributed by atoms with Gasteiger partial charge in [0.05, 0.1) is 19.3 Å². The summed E-state index contributed by atoms with van der Waals surface area (Å²) in [6.45, 7) is 3.12. The highest BCUT2D eigenvalue weighted by atomic mass is 35.5. The molecule has 0 radical (unpaired) electrons. The first kappa shape index (κ1) is 18.2. The molecule has 2 aliphatic rings. The first-order valence-corrected chi connectivity index (χ1v) is 9.09. The van der Waals surface area contributed by atoms with E-state index in [1.165, 1.54) is 0 Å². The maximum absolute atomic E-state index is 13.0. The number of hydrogen-bond donors (Lipinski definition) is 1. The number of rotatable bonds is 4. The van der Waals surface area contributed by atoms with E-state index in [0.717, 1.165) is 24.9 Å². The highest BCUT2D eigenvalue weighted by molar-refractivity contribution is 6.30. The number of hydrogen-bond acceptors (Lipinski definition) is 4. The Balaban J connectivity index is 1.84. The Hall–Kier alpha value is -1.63. The molecule has 2 amide bonds. The zero-order valence-electron chi connectivity index (χ0n) is 14.4. The average molecular weight is 366 g/mol. The van der Waals surface area contributed by atoms with Gasteiger partial charge in [-0.05, 0) is 30.5 Å².